The summed E-state index contributed by atoms with van der Waals surface area (Å²) in [5.41, 5.74) is 0.710. The number of nitrogens with one attached hydrogen (secondary N) is 1. The van der Waals surface area contributed by atoms with E-state index in [9.17, 15) is 9.59 Å². The van der Waals surface area contributed by atoms with E-state index in [1.165, 1.54) is 14.0 Å². The predicted octanol–water partition coefficient (Wildman–Crippen LogP) is 1.21. The minimum atomic E-state index is -0.417. The molecule has 1 aromatic rings. The fraction of sp³-hybridized carbons (Fsp3) is 0.385. The summed E-state index contributed by atoms with van der Waals surface area (Å²) in [6.45, 7) is 1.99. The van der Waals surface area contributed by atoms with Gasteiger partial charge < -0.3 is 19.5 Å². The summed E-state index contributed by atoms with van der Waals surface area (Å²) in [6.07, 6.45) is 0. The molecule has 0 aromatic heterocycles. The molecule has 6 heteroatoms. The molecular formula is C13H17NO5. The Morgan fingerprint density at radius 3 is 2.42 bits per heavy atom. The van der Waals surface area contributed by atoms with Crippen LogP contribution in [0.2, 0.25) is 0 Å². The number of amides is 1. The summed E-state index contributed by atoms with van der Waals surface area (Å²) in [5, 5.41) is 2.66. The van der Waals surface area contributed by atoms with Crippen molar-refractivity contribution in [2.75, 3.05) is 32.2 Å². The molecule has 0 radical (unpaired) electrons. The third-order valence-corrected chi connectivity index (χ3v) is 2.12. The van der Waals surface area contributed by atoms with Gasteiger partial charge in [-0.1, -0.05) is 0 Å². The SMILES string of the molecule is COC(=O)COCCOc1ccc(NC(C)=O)cc1. The normalized spacial score (nSPS) is 9.79. The molecule has 0 atom stereocenters. The van der Waals surface area contributed by atoms with E-state index in [1.807, 2.05) is 0 Å². The van der Waals surface area contributed by atoms with Gasteiger partial charge in [0.05, 0.1) is 13.7 Å². The highest BCUT2D eigenvalue weighted by molar-refractivity contribution is 5.88. The molecule has 0 aliphatic heterocycles. The minimum absolute atomic E-state index is 0.0820. The van der Waals surface area contributed by atoms with E-state index in [2.05, 4.69) is 10.1 Å². The van der Waals surface area contributed by atoms with Crippen LogP contribution >= 0.6 is 0 Å². The molecule has 1 N–H and O–H groups in total. The van der Waals surface area contributed by atoms with Gasteiger partial charge in [0.25, 0.3) is 0 Å². The summed E-state index contributed by atoms with van der Waals surface area (Å²) in [5.74, 6) is 0.125. The number of hydrogen-bond acceptors (Lipinski definition) is 5. The molecule has 0 bridgehead atoms. The van der Waals surface area contributed by atoms with E-state index in [0.717, 1.165) is 0 Å². The summed E-state index contributed by atoms with van der Waals surface area (Å²) in [6, 6.07) is 6.97. The maximum Gasteiger partial charge on any atom is 0.331 e. The number of ether oxygens (including phenoxy) is 3. The fourth-order valence-electron chi connectivity index (χ4n) is 1.27. The van der Waals surface area contributed by atoms with Crippen molar-refractivity contribution in [2.45, 2.75) is 6.92 Å². The minimum Gasteiger partial charge on any atom is -0.491 e. The number of esters is 1. The zero-order valence-corrected chi connectivity index (χ0v) is 11.0. The van der Waals surface area contributed by atoms with Gasteiger partial charge in [-0.3, -0.25) is 4.79 Å². The number of carbonyl (C=O) groups excluding carboxylic acids is 2. The molecule has 0 unspecified atom stereocenters. The molecule has 0 spiro atoms. The Morgan fingerprint density at radius 2 is 1.84 bits per heavy atom. The first-order chi connectivity index (χ1) is 9.11. The number of anilines is 1. The van der Waals surface area contributed by atoms with Crippen molar-refractivity contribution in [2.24, 2.45) is 0 Å². The van der Waals surface area contributed by atoms with Crippen molar-refractivity contribution in [1.82, 2.24) is 0 Å². The lowest BCUT2D eigenvalue weighted by Crippen LogP contribution is -2.14. The van der Waals surface area contributed by atoms with Gasteiger partial charge in [0.2, 0.25) is 5.91 Å². The molecule has 0 saturated carbocycles. The Hall–Kier alpha value is -2.08. The van der Waals surface area contributed by atoms with Crippen LogP contribution in [0.15, 0.2) is 24.3 Å². The molecule has 0 heterocycles. The second kappa shape index (κ2) is 8.10. The summed E-state index contributed by atoms with van der Waals surface area (Å²) < 4.78 is 14.8. The molecule has 6 nitrogen and oxygen atoms in total. The van der Waals surface area contributed by atoms with E-state index >= 15 is 0 Å². The van der Waals surface area contributed by atoms with E-state index in [0.29, 0.717) is 24.7 Å². The Labute approximate surface area is 111 Å². The quantitative estimate of drug-likeness (QED) is 0.594. The standard InChI is InChI=1S/C13H17NO5/c1-10(15)14-11-3-5-12(6-4-11)19-8-7-18-9-13(16)17-2/h3-6H,7-9H2,1-2H3,(H,14,15). The lowest BCUT2D eigenvalue weighted by Gasteiger charge is -2.07. The molecule has 0 fully saturated rings. The zero-order chi connectivity index (χ0) is 14.1. The lowest BCUT2D eigenvalue weighted by molar-refractivity contribution is -0.146. The zero-order valence-electron chi connectivity index (χ0n) is 11.0. The van der Waals surface area contributed by atoms with Gasteiger partial charge in [-0.05, 0) is 24.3 Å². The largest absolute Gasteiger partial charge is 0.491 e. The maximum atomic E-state index is 10.8. The number of carbonyl (C=O) groups is 2. The van der Waals surface area contributed by atoms with Crippen molar-refractivity contribution < 1.29 is 23.8 Å². The number of rotatable bonds is 7. The molecule has 0 saturated heterocycles. The molecule has 104 valence electrons. The molecule has 19 heavy (non-hydrogen) atoms. The van der Waals surface area contributed by atoms with Crippen LogP contribution in [0.4, 0.5) is 5.69 Å². The lowest BCUT2D eigenvalue weighted by atomic mass is 10.3. The van der Waals surface area contributed by atoms with E-state index in [-0.39, 0.29) is 12.5 Å². The first-order valence-electron chi connectivity index (χ1n) is 5.77. The number of methoxy groups -OCH3 is 1. The van der Waals surface area contributed by atoms with Crippen LogP contribution in [0, 0.1) is 0 Å². The van der Waals surface area contributed by atoms with Crippen LogP contribution in [0.1, 0.15) is 6.92 Å². The average molecular weight is 267 g/mol. The summed E-state index contributed by atoms with van der Waals surface area (Å²) in [4.78, 5) is 21.6. The first-order valence-corrected chi connectivity index (χ1v) is 5.77. The highest BCUT2D eigenvalue weighted by Crippen LogP contribution is 2.15. The van der Waals surface area contributed by atoms with Crippen molar-refractivity contribution in [3.05, 3.63) is 24.3 Å². The molecule has 1 aromatic carbocycles. The topological polar surface area (TPSA) is 73.9 Å². The Balaban J connectivity index is 2.22. The third-order valence-electron chi connectivity index (χ3n) is 2.12. The van der Waals surface area contributed by atoms with Crippen LogP contribution in [0.25, 0.3) is 0 Å². The van der Waals surface area contributed by atoms with Gasteiger partial charge in [0.1, 0.15) is 19.0 Å². The van der Waals surface area contributed by atoms with Crippen molar-refractivity contribution >= 4 is 17.6 Å². The van der Waals surface area contributed by atoms with Crippen LogP contribution in [0.3, 0.4) is 0 Å². The second-order valence-corrected chi connectivity index (χ2v) is 3.68. The predicted molar refractivity (Wildman–Crippen MR) is 69.1 cm³/mol. The van der Waals surface area contributed by atoms with Crippen molar-refractivity contribution in [3.8, 4) is 5.75 Å². The Morgan fingerprint density at radius 1 is 1.16 bits per heavy atom. The molecule has 1 amide bonds. The monoisotopic (exact) mass is 267 g/mol. The van der Waals surface area contributed by atoms with Crippen LogP contribution in [0.5, 0.6) is 5.75 Å². The number of benzene rings is 1. The van der Waals surface area contributed by atoms with Gasteiger partial charge in [0.15, 0.2) is 0 Å². The maximum absolute atomic E-state index is 10.8. The Kier molecular flexibility index (Phi) is 6.38. The fourth-order valence-corrected chi connectivity index (χ4v) is 1.27. The summed E-state index contributed by atoms with van der Waals surface area (Å²) >= 11 is 0. The van der Waals surface area contributed by atoms with E-state index < -0.39 is 5.97 Å². The van der Waals surface area contributed by atoms with Gasteiger partial charge in [0, 0.05) is 12.6 Å². The third kappa shape index (κ3) is 6.42. The highest BCUT2D eigenvalue weighted by atomic mass is 16.6. The van der Waals surface area contributed by atoms with Gasteiger partial charge >= 0.3 is 5.97 Å². The molecule has 0 aliphatic rings. The van der Waals surface area contributed by atoms with Crippen LogP contribution < -0.4 is 10.1 Å². The van der Waals surface area contributed by atoms with Crippen LogP contribution in [-0.2, 0) is 19.1 Å². The highest BCUT2D eigenvalue weighted by Gasteiger charge is 2.00. The number of hydrogen-bond donors (Lipinski definition) is 1. The average Bonchev–Trinajstić information content (AvgIpc) is 2.39. The molecule has 1 rings (SSSR count). The van der Waals surface area contributed by atoms with Gasteiger partial charge in [-0.2, -0.15) is 0 Å². The smallest absolute Gasteiger partial charge is 0.331 e. The van der Waals surface area contributed by atoms with E-state index in [1.54, 1.807) is 24.3 Å². The summed E-state index contributed by atoms with van der Waals surface area (Å²) in [7, 11) is 1.30. The molecular weight excluding hydrogens is 250 g/mol. The second-order valence-electron chi connectivity index (χ2n) is 3.68. The van der Waals surface area contributed by atoms with E-state index in [4.69, 9.17) is 9.47 Å². The van der Waals surface area contributed by atoms with Crippen molar-refractivity contribution in [1.29, 1.82) is 0 Å². The van der Waals surface area contributed by atoms with Gasteiger partial charge in [-0.15, -0.1) is 0 Å². The molecule has 0 aliphatic carbocycles. The Bertz CT molecular complexity index is 416. The van der Waals surface area contributed by atoms with Crippen molar-refractivity contribution in [3.63, 3.8) is 0 Å². The van der Waals surface area contributed by atoms with Crippen LogP contribution in [-0.4, -0.2) is 38.8 Å². The van der Waals surface area contributed by atoms with Gasteiger partial charge in [-0.25, -0.2) is 4.79 Å². The first kappa shape index (κ1) is 15.0.